The lowest BCUT2D eigenvalue weighted by Gasteiger charge is -2.27. The minimum Gasteiger partial charge on any atom is -0.484 e. The molecule has 3 aromatic carbocycles. The lowest BCUT2D eigenvalue weighted by Crippen LogP contribution is -2.46. The predicted molar refractivity (Wildman–Crippen MR) is 124 cm³/mol. The SMILES string of the molecule is Cc1ccc([C@@H](Oc2ccc3c(cnn3-c3ccc(F)cc3)c2)[C@H](C)NC(=O)C(C)(F)F)cc1F. The van der Waals surface area contributed by atoms with Crippen molar-refractivity contribution >= 4 is 16.8 Å². The third kappa shape index (κ3) is 5.29. The highest BCUT2D eigenvalue weighted by Crippen LogP contribution is 2.30. The molecule has 1 amide bonds. The van der Waals surface area contributed by atoms with Crippen molar-refractivity contribution in [3.8, 4) is 11.4 Å². The van der Waals surface area contributed by atoms with E-state index in [1.165, 1.54) is 25.1 Å². The Bertz CT molecular complexity index is 1360. The van der Waals surface area contributed by atoms with Crippen molar-refractivity contribution < 1.29 is 27.1 Å². The highest BCUT2D eigenvalue weighted by atomic mass is 19.3. The molecule has 0 aliphatic heterocycles. The summed E-state index contributed by atoms with van der Waals surface area (Å²) in [5.41, 5.74) is 2.19. The molecule has 0 aliphatic rings. The topological polar surface area (TPSA) is 56.1 Å². The van der Waals surface area contributed by atoms with Crippen LogP contribution in [-0.2, 0) is 4.79 Å². The summed E-state index contributed by atoms with van der Waals surface area (Å²) in [6, 6.07) is 14.5. The van der Waals surface area contributed by atoms with Gasteiger partial charge in [0.1, 0.15) is 23.5 Å². The normalized spacial score (nSPS) is 13.5. The van der Waals surface area contributed by atoms with Crippen LogP contribution < -0.4 is 10.1 Å². The molecule has 0 bridgehead atoms. The number of halogens is 4. The van der Waals surface area contributed by atoms with Crippen LogP contribution in [-0.4, -0.2) is 27.7 Å². The average molecular weight is 485 g/mol. The Hall–Kier alpha value is -3.88. The van der Waals surface area contributed by atoms with E-state index < -0.39 is 29.8 Å². The van der Waals surface area contributed by atoms with Gasteiger partial charge in [0.25, 0.3) is 5.91 Å². The van der Waals surface area contributed by atoms with Crippen molar-refractivity contribution in [2.24, 2.45) is 0 Å². The van der Waals surface area contributed by atoms with E-state index in [1.54, 1.807) is 60.3 Å². The van der Waals surface area contributed by atoms with Crippen LogP contribution in [0.3, 0.4) is 0 Å². The molecular formula is C26H23F4N3O2. The van der Waals surface area contributed by atoms with Gasteiger partial charge in [0.05, 0.1) is 23.4 Å². The molecule has 0 aliphatic carbocycles. The molecule has 1 heterocycles. The fourth-order valence-corrected chi connectivity index (χ4v) is 3.67. The first-order valence-electron chi connectivity index (χ1n) is 10.9. The zero-order chi connectivity index (χ0) is 25.3. The number of rotatable bonds is 7. The van der Waals surface area contributed by atoms with Gasteiger partial charge in [0, 0.05) is 12.3 Å². The number of hydrogen-bond donors (Lipinski definition) is 1. The van der Waals surface area contributed by atoms with E-state index in [9.17, 15) is 22.4 Å². The van der Waals surface area contributed by atoms with Crippen LogP contribution in [0.15, 0.2) is 66.9 Å². The lowest BCUT2D eigenvalue weighted by atomic mass is 10.0. The van der Waals surface area contributed by atoms with Crippen LogP contribution in [0.5, 0.6) is 5.75 Å². The molecule has 0 saturated carbocycles. The molecule has 0 fully saturated rings. The highest BCUT2D eigenvalue weighted by Gasteiger charge is 2.35. The number of ether oxygens (including phenoxy) is 1. The van der Waals surface area contributed by atoms with Gasteiger partial charge in [0.2, 0.25) is 0 Å². The van der Waals surface area contributed by atoms with Crippen molar-refractivity contribution in [2.75, 3.05) is 0 Å². The molecule has 5 nitrogen and oxygen atoms in total. The maximum absolute atomic E-state index is 14.3. The van der Waals surface area contributed by atoms with Gasteiger partial charge in [-0.05, 0) is 73.5 Å². The standard InChI is InChI=1S/C26H23F4N3O2/c1-15-4-5-17(13-22(15)28)24(16(2)32-25(34)26(3,29)30)35-21-10-11-23-18(12-21)14-31-33(23)20-8-6-19(27)7-9-20/h4-14,16,24H,1-3H3,(H,32,34)/t16-,24-/m0/s1. The van der Waals surface area contributed by atoms with Crippen molar-refractivity contribution in [3.05, 3.63) is 89.6 Å². The Morgan fingerprint density at radius 1 is 1.06 bits per heavy atom. The van der Waals surface area contributed by atoms with E-state index in [2.05, 4.69) is 10.4 Å². The maximum Gasteiger partial charge on any atom is 0.321 e. The first-order chi connectivity index (χ1) is 16.5. The monoisotopic (exact) mass is 485 g/mol. The van der Waals surface area contributed by atoms with E-state index in [1.807, 2.05) is 0 Å². The number of aryl methyl sites for hydroxylation is 1. The van der Waals surface area contributed by atoms with E-state index in [4.69, 9.17) is 4.74 Å². The summed E-state index contributed by atoms with van der Waals surface area (Å²) in [7, 11) is 0. The molecule has 182 valence electrons. The highest BCUT2D eigenvalue weighted by molar-refractivity contribution is 5.83. The number of nitrogens with one attached hydrogen (secondary N) is 1. The first kappa shape index (κ1) is 24.3. The van der Waals surface area contributed by atoms with Crippen LogP contribution in [0.4, 0.5) is 17.6 Å². The number of nitrogens with zero attached hydrogens (tertiary/aromatic N) is 2. The lowest BCUT2D eigenvalue weighted by molar-refractivity contribution is -0.144. The number of alkyl halides is 2. The van der Waals surface area contributed by atoms with E-state index >= 15 is 0 Å². The van der Waals surface area contributed by atoms with Crippen molar-refractivity contribution in [3.63, 3.8) is 0 Å². The van der Waals surface area contributed by atoms with Gasteiger partial charge >= 0.3 is 5.92 Å². The van der Waals surface area contributed by atoms with Crippen LogP contribution in [0.25, 0.3) is 16.6 Å². The third-order valence-corrected chi connectivity index (χ3v) is 5.61. The average Bonchev–Trinajstić information content (AvgIpc) is 3.22. The maximum atomic E-state index is 14.3. The molecular weight excluding hydrogens is 462 g/mol. The summed E-state index contributed by atoms with van der Waals surface area (Å²) in [6.45, 7) is 3.62. The molecule has 2 atom stereocenters. The van der Waals surface area contributed by atoms with Crippen LogP contribution >= 0.6 is 0 Å². The van der Waals surface area contributed by atoms with Crippen LogP contribution in [0.1, 0.15) is 31.1 Å². The number of benzene rings is 3. The number of hydrogen-bond acceptors (Lipinski definition) is 3. The number of amides is 1. The Morgan fingerprint density at radius 3 is 2.43 bits per heavy atom. The van der Waals surface area contributed by atoms with Gasteiger partial charge in [0.15, 0.2) is 0 Å². The summed E-state index contributed by atoms with van der Waals surface area (Å²) in [5, 5.41) is 7.31. The predicted octanol–water partition coefficient (Wildman–Crippen LogP) is 5.89. The van der Waals surface area contributed by atoms with Gasteiger partial charge < -0.3 is 10.1 Å². The second kappa shape index (κ2) is 9.40. The van der Waals surface area contributed by atoms with Crippen molar-refractivity contribution in [1.29, 1.82) is 0 Å². The molecule has 1 aromatic heterocycles. The molecule has 0 radical (unpaired) electrons. The Balaban J connectivity index is 1.66. The van der Waals surface area contributed by atoms with Crippen LogP contribution in [0, 0.1) is 18.6 Å². The summed E-state index contributed by atoms with van der Waals surface area (Å²) >= 11 is 0. The minimum atomic E-state index is -3.58. The summed E-state index contributed by atoms with van der Waals surface area (Å²) in [5.74, 6) is -5.51. The Morgan fingerprint density at radius 2 is 1.77 bits per heavy atom. The quantitative estimate of drug-likeness (QED) is 0.332. The first-order valence-corrected chi connectivity index (χ1v) is 10.9. The van der Waals surface area contributed by atoms with E-state index in [-0.39, 0.29) is 5.82 Å². The third-order valence-electron chi connectivity index (χ3n) is 5.61. The van der Waals surface area contributed by atoms with Gasteiger partial charge in [-0.15, -0.1) is 0 Å². The second-order valence-corrected chi connectivity index (χ2v) is 8.45. The fraction of sp³-hybridized carbons (Fsp3) is 0.231. The summed E-state index contributed by atoms with van der Waals surface area (Å²) < 4.78 is 62.3. The second-order valence-electron chi connectivity index (χ2n) is 8.45. The van der Waals surface area contributed by atoms with Crippen LogP contribution in [0.2, 0.25) is 0 Å². The van der Waals surface area contributed by atoms with Gasteiger partial charge in [-0.2, -0.15) is 13.9 Å². The number of carbonyl (C=O) groups is 1. The molecule has 0 saturated heterocycles. The van der Waals surface area contributed by atoms with Gasteiger partial charge in [-0.1, -0.05) is 12.1 Å². The largest absolute Gasteiger partial charge is 0.484 e. The zero-order valence-electron chi connectivity index (χ0n) is 19.2. The molecule has 0 unspecified atom stereocenters. The molecule has 4 rings (SSSR count). The molecule has 9 heteroatoms. The Labute approximate surface area is 199 Å². The van der Waals surface area contributed by atoms with Crippen molar-refractivity contribution in [2.45, 2.75) is 38.8 Å². The molecule has 0 spiro atoms. The van der Waals surface area contributed by atoms with E-state index in [0.29, 0.717) is 34.9 Å². The van der Waals surface area contributed by atoms with Crippen molar-refractivity contribution in [1.82, 2.24) is 15.1 Å². The molecule has 1 N–H and O–H groups in total. The fourth-order valence-electron chi connectivity index (χ4n) is 3.67. The number of fused-ring (bicyclic) bond motifs is 1. The smallest absolute Gasteiger partial charge is 0.321 e. The number of carbonyl (C=O) groups excluding carboxylic acids is 1. The molecule has 35 heavy (non-hydrogen) atoms. The van der Waals surface area contributed by atoms with Gasteiger partial charge in [-0.25, -0.2) is 13.5 Å². The summed E-state index contributed by atoms with van der Waals surface area (Å²) in [4.78, 5) is 11.9. The minimum absolute atomic E-state index is 0.360. The zero-order valence-corrected chi connectivity index (χ0v) is 19.2. The molecule has 4 aromatic rings. The van der Waals surface area contributed by atoms with E-state index in [0.717, 1.165) is 5.52 Å². The van der Waals surface area contributed by atoms with Gasteiger partial charge in [-0.3, -0.25) is 4.79 Å². The summed E-state index contributed by atoms with van der Waals surface area (Å²) in [6.07, 6.45) is 0.649. The Kier molecular flexibility index (Phi) is 6.51. The number of aromatic nitrogens is 2.